The molecule has 0 bridgehead atoms. The zero-order valence-electron chi connectivity index (χ0n) is 18.8. The molecule has 2 heterocycles. The smallest absolute Gasteiger partial charge is 0.415 e. The average molecular weight is 460 g/mol. The number of carbonyl (C=O) groups excluding carboxylic acids is 2. The van der Waals surface area contributed by atoms with Crippen LogP contribution in [0, 0.1) is 5.92 Å². The Kier molecular flexibility index (Phi) is 7.90. The third-order valence-corrected chi connectivity index (χ3v) is 5.49. The van der Waals surface area contributed by atoms with Crippen molar-refractivity contribution in [3.63, 3.8) is 0 Å². The normalized spacial score (nSPS) is 14.7. The number of anilines is 2. The molecule has 2 amide bonds. The second-order valence-electron chi connectivity index (χ2n) is 8.82. The number of benzene rings is 1. The topological polar surface area (TPSA) is 87.7 Å². The number of amides is 2. The maximum Gasteiger partial charge on any atom is 0.415 e. The Bertz CT molecular complexity index is 911. The number of halogens is 1. The second kappa shape index (κ2) is 10.6. The fourth-order valence-electron chi connectivity index (χ4n) is 3.50. The van der Waals surface area contributed by atoms with E-state index in [1.54, 1.807) is 56.1 Å². The molecule has 8 nitrogen and oxygen atoms in total. The van der Waals surface area contributed by atoms with Crippen LogP contribution in [0.1, 0.15) is 33.6 Å². The summed E-state index contributed by atoms with van der Waals surface area (Å²) >= 11 is 6.32. The van der Waals surface area contributed by atoms with Crippen molar-refractivity contribution in [2.45, 2.75) is 39.2 Å². The van der Waals surface area contributed by atoms with Crippen LogP contribution in [0.25, 0.3) is 0 Å². The van der Waals surface area contributed by atoms with E-state index in [1.807, 2.05) is 6.07 Å². The number of nitrogens with zero attached hydrogens (tertiary/aromatic N) is 4. The molecule has 0 atom stereocenters. The van der Waals surface area contributed by atoms with Gasteiger partial charge in [0.1, 0.15) is 24.3 Å². The number of aromatic nitrogens is 2. The summed E-state index contributed by atoms with van der Waals surface area (Å²) in [6.07, 6.45) is 4.37. The molecule has 1 aliphatic heterocycles. The molecule has 1 aliphatic rings. The minimum absolute atomic E-state index is 0.123. The van der Waals surface area contributed by atoms with Crippen molar-refractivity contribution in [2.24, 2.45) is 5.92 Å². The van der Waals surface area contributed by atoms with Gasteiger partial charge in [-0.25, -0.2) is 14.8 Å². The van der Waals surface area contributed by atoms with Crippen molar-refractivity contribution in [1.29, 1.82) is 0 Å². The van der Waals surface area contributed by atoms with E-state index < -0.39 is 11.7 Å². The minimum Gasteiger partial charge on any atom is -0.443 e. The molecular weight excluding hydrogens is 430 g/mol. The Morgan fingerprint density at radius 2 is 1.94 bits per heavy atom. The molecule has 172 valence electrons. The van der Waals surface area contributed by atoms with E-state index in [9.17, 15) is 9.59 Å². The highest BCUT2D eigenvalue weighted by Gasteiger charge is 2.30. The molecule has 0 spiro atoms. The Hall–Kier alpha value is -2.87. The quantitative estimate of drug-likeness (QED) is 0.695. The first-order chi connectivity index (χ1) is 15.2. The summed E-state index contributed by atoms with van der Waals surface area (Å²) in [5.74, 6) is 1.11. The van der Waals surface area contributed by atoms with Crippen LogP contribution in [-0.4, -0.2) is 58.6 Å². The number of ether oxygens (including phenoxy) is 1. The van der Waals surface area contributed by atoms with E-state index >= 15 is 0 Å². The van der Waals surface area contributed by atoms with E-state index in [0.717, 1.165) is 25.2 Å². The fraction of sp³-hybridized carbons (Fsp3) is 0.478. The summed E-state index contributed by atoms with van der Waals surface area (Å²) in [4.78, 5) is 37.1. The van der Waals surface area contributed by atoms with Crippen molar-refractivity contribution >= 4 is 35.1 Å². The van der Waals surface area contributed by atoms with E-state index in [4.69, 9.17) is 16.3 Å². The Balaban J connectivity index is 1.59. The number of rotatable bonds is 6. The van der Waals surface area contributed by atoms with Gasteiger partial charge >= 0.3 is 6.09 Å². The molecule has 2 aromatic rings. The SMILES string of the molecule is CC(C)(C)OC(=O)N(CC(=O)N1CCC(CNc2ccncn2)CC1)c1ccccc1Cl. The Labute approximate surface area is 193 Å². The van der Waals surface area contributed by atoms with Crippen molar-refractivity contribution in [2.75, 3.05) is 36.4 Å². The van der Waals surface area contributed by atoms with E-state index in [-0.39, 0.29) is 12.5 Å². The van der Waals surface area contributed by atoms with Crippen LogP contribution in [0.3, 0.4) is 0 Å². The van der Waals surface area contributed by atoms with Gasteiger partial charge in [-0.1, -0.05) is 23.7 Å². The predicted octanol–water partition coefficient (Wildman–Crippen LogP) is 4.22. The first-order valence-corrected chi connectivity index (χ1v) is 11.1. The van der Waals surface area contributed by atoms with Gasteiger partial charge in [-0.05, 0) is 57.7 Å². The van der Waals surface area contributed by atoms with Crippen LogP contribution >= 0.6 is 11.6 Å². The zero-order valence-corrected chi connectivity index (χ0v) is 19.5. The third-order valence-electron chi connectivity index (χ3n) is 5.17. The highest BCUT2D eigenvalue weighted by molar-refractivity contribution is 6.33. The first-order valence-electron chi connectivity index (χ1n) is 10.8. The molecule has 1 N–H and O–H groups in total. The van der Waals surface area contributed by atoms with Crippen molar-refractivity contribution < 1.29 is 14.3 Å². The summed E-state index contributed by atoms with van der Waals surface area (Å²) in [6.45, 7) is 7.32. The molecule has 1 aromatic carbocycles. The van der Waals surface area contributed by atoms with Gasteiger partial charge in [0.25, 0.3) is 0 Å². The summed E-state index contributed by atoms with van der Waals surface area (Å²) in [7, 11) is 0. The van der Waals surface area contributed by atoms with Crippen LogP contribution in [-0.2, 0) is 9.53 Å². The van der Waals surface area contributed by atoms with Crippen LogP contribution in [0.5, 0.6) is 0 Å². The minimum atomic E-state index is -0.686. The highest BCUT2D eigenvalue weighted by Crippen LogP contribution is 2.27. The van der Waals surface area contributed by atoms with Gasteiger partial charge in [-0.2, -0.15) is 0 Å². The average Bonchev–Trinajstić information content (AvgIpc) is 2.76. The third kappa shape index (κ3) is 6.82. The van der Waals surface area contributed by atoms with Gasteiger partial charge in [-0.15, -0.1) is 0 Å². The highest BCUT2D eigenvalue weighted by atomic mass is 35.5. The van der Waals surface area contributed by atoms with Crippen LogP contribution in [0.4, 0.5) is 16.3 Å². The van der Waals surface area contributed by atoms with Gasteiger partial charge in [0.05, 0.1) is 10.7 Å². The molecule has 0 unspecified atom stereocenters. The standard InChI is InChI=1S/C23H30ClN5O3/c1-23(2,3)32-22(31)29(19-7-5-4-6-18(19)24)15-21(30)28-12-9-17(10-13-28)14-26-20-8-11-25-16-27-20/h4-8,11,16-17H,9-10,12-15H2,1-3H3,(H,25,26,27). The molecule has 1 aromatic heterocycles. The van der Waals surface area contributed by atoms with Crippen molar-refractivity contribution in [3.05, 3.63) is 47.9 Å². The van der Waals surface area contributed by atoms with Gasteiger partial charge in [0.2, 0.25) is 5.91 Å². The van der Waals surface area contributed by atoms with Gasteiger partial charge in [0, 0.05) is 25.8 Å². The van der Waals surface area contributed by atoms with E-state index in [2.05, 4.69) is 15.3 Å². The van der Waals surface area contributed by atoms with Crippen LogP contribution in [0.15, 0.2) is 42.9 Å². The zero-order chi connectivity index (χ0) is 23.1. The number of hydrogen-bond donors (Lipinski definition) is 1. The Morgan fingerprint density at radius 1 is 1.22 bits per heavy atom. The van der Waals surface area contributed by atoms with Gasteiger partial charge in [-0.3, -0.25) is 9.69 Å². The lowest BCUT2D eigenvalue weighted by Gasteiger charge is -2.34. The van der Waals surface area contributed by atoms with Gasteiger partial charge < -0.3 is 15.0 Å². The van der Waals surface area contributed by atoms with Crippen LogP contribution in [0.2, 0.25) is 5.02 Å². The number of nitrogens with one attached hydrogen (secondary N) is 1. The van der Waals surface area contributed by atoms with Crippen molar-refractivity contribution in [1.82, 2.24) is 14.9 Å². The molecule has 3 rings (SSSR count). The molecule has 0 radical (unpaired) electrons. The molecule has 0 aliphatic carbocycles. The summed E-state index contributed by atoms with van der Waals surface area (Å²) in [5, 5.41) is 3.71. The summed E-state index contributed by atoms with van der Waals surface area (Å²) in [5.41, 5.74) is -0.227. The van der Waals surface area contributed by atoms with Crippen LogP contribution < -0.4 is 10.2 Å². The monoisotopic (exact) mass is 459 g/mol. The largest absolute Gasteiger partial charge is 0.443 e. The molecule has 1 fully saturated rings. The lowest BCUT2D eigenvalue weighted by molar-refractivity contribution is -0.131. The lowest BCUT2D eigenvalue weighted by atomic mass is 9.96. The van der Waals surface area contributed by atoms with Gasteiger partial charge in [0.15, 0.2) is 0 Å². The van der Waals surface area contributed by atoms with E-state index in [0.29, 0.717) is 29.7 Å². The summed E-state index contributed by atoms with van der Waals surface area (Å²) < 4.78 is 5.53. The van der Waals surface area contributed by atoms with Crippen molar-refractivity contribution in [3.8, 4) is 0 Å². The predicted molar refractivity (Wildman–Crippen MR) is 125 cm³/mol. The molecule has 32 heavy (non-hydrogen) atoms. The molecular formula is C23H30ClN5O3. The molecule has 1 saturated heterocycles. The number of carbonyl (C=O) groups is 2. The molecule has 9 heteroatoms. The maximum absolute atomic E-state index is 13.1. The summed E-state index contributed by atoms with van der Waals surface area (Å²) in [6, 6.07) is 8.79. The second-order valence-corrected chi connectivity index (χ2v) is 9.22. The van der Waals surface area contributed by atoms with E-state index in [1.165, 1.54) is 11.2 Å². The Morgan fingerprint density at radius 3 is 2.56 bits per heavy atom. The number of para-hydroxylation sites is 1. The first kappa shape index (κ1) is 23.8. The fourth-order valence-corrected chi connectivity index (χ4v) is 3.74. The molecule has 0 saturated carbocycles. The number of likely N-dealkylation sites (tertiary alicyclic amines) is 1. The maximum atomic E-state index is 13.1. The number of piperidine rings is 1. The lowest BCUT2D eigenvalue weighted by Crippen LogP contribution is -2.47. The number of hydrogen-bond acceptors (Lipinski definition) is 6.